The van der Waals surface area contributed by atoms with Crippen LogP contribution in [0.5, 0.6) is 0 Å². The van der Waals surface area contributed by atoms with Crippen molar-refractivity contribution in [3.05, 3.63) is 0 Å². The Kier molecular flexibility index (Phi) is 1.42. The van der Waals surface area contributed by atoms with Crippen molar-refractivity contribution in [2.45, 2.75) is 31.8 Å². The lowest BCUT2D eigenvalue weighted by Crippen LogP contribution is -2.30. The second kappa shape index (κ2) is 2.21. The molecular formula is C8H14N2O. The molecule has 1 amide bonds. The van der Waals surface area contributed by atoms with Crippen LogP contribution in [0.15, 0.2) is 0 Å². The highest BCUT2D eigenvalue weighted by Crippen LogP contribution is 2.36. The third-order valence-corrected chi connectivity index (χ3v) is 2.66. The van der Waals surface area contributed by atoms with E-state index in [4.69, 9.17) is 5.73 Å². The molecule has 1 aliphatic carbocycles. The van der Waals surface area contributed by atoms with Gasteiger partial charge < -0.3 is 10.6 Å². The van der Waals surface area contributed by atoms with E-state index in [-0.39, 0.29) is 11.9 Å². The van der Waals surface area contributed by atoms with Gasteiger partial charge in [-0.05, 0) is 12.3 Å². The molecule has 2 fully saturated rings. The maximum atomic E-state index is 11.3. The molecule has 1 aliphatic heterocycles. The molecular weight excluding hydrogens is 140 g/mol. The Morgan fingerprint density at radius 1 is 1.64 bits per heavy atom. The molecule has 11 heavy (non-hydrogen) atoms. The van der Waals surface area contributed by atoms with Crippen molar-refractivity contribution in [1.29, 1.82) is 0 Å². The lowest BCUT2D eigenvalue weighted by Gasteiger charge is -2.14. The average Bonchev–Trinajstić information content (AvgIpc) is 2.52. The zero-order valence-corrected chi connectivity index (χ0v) is 6.79. The minimum atomic E-state index is 0.0929. The standard InChI is InChI=1S/C8H14N2O/c1-5-2-7(5)10-4-6(9)3-8(10)11/h5-7H,2-4,9H2,1H3/t5-,6-,7+/m1/s1. The minimum Gasteiger partial charge on any atom is -0.338 e. The lowest BCUT2D eigenvalue weighted by molar-refractivity contribution is -0.128. The van der Waals surface area contributed by atoms with E-state index in [2.05, 4.69) is 6.92 Å². The van der Waals surface area contributed by atoms with Crippen LogP contribution in [0.3, 0.4) is 0 Å². The Morgan fingerprint density at radius 2 is 2.27 bits per heavy atom. The Bertz CT molecular complexity index is 193. The number of likely N-dealkylation sites (tertiary alicyclic amines) is 1. The number of rotatable bonds is 1. The largest absolute Gasteiger partial charge is 0.338 e. The summed E-state index contributed by atoms with van der Waals surface area (Å²) in [5, 5.41) is 0. The van der Waals surface area contributed by atoms with Crippen molar-refractivity contribution in [2.24, 2.45) is 11.7 Å². The summed E-state index contributed by atoms with van der Waals surface area (Å²) in [5.74, 6) is 0.969. The lowest BCUT2D eigenvalue weighted by atomic mass is 10.3. The zero-order valence-electron chi connectivity index (χ0n) is 6.79. The first-order valence-corrected chi connectivity index (χ1v) is 4.23. The van der Waals surface area contributed by atoms with E-state index in [0.29, 0.717) is 18.4 Å². The fourth-order valence-electron chi connectivity index (χ4n) is 1.82. The van der Waals surface area contributed by atoms with E-state index >= 15 is 0 Å². The molecule has 0 radical (unpaired) electrons. The van der Waals surface area contributed by atoms with Crippen LogP contribution in [0.1, 0.15) is 19.8 Å². The van der Waals surface area contributed by atoms with Crippen LogP contribution >= 0.6 is 0 Å². The van der Waals surface area contributed by atoms with Gasteiger partial charge in [-0.2, -0.15) is 0 Å². The second-order valence-electron chi connectivity index (χ2n) is 3.79. The Morgan fingerprint density at radius 3 is 2.64 bits per heavy atom. The van der Waals surface area contributed by atoms with E-state index in [1.165, 1.54) is 6.42 Å². The molecule has 62 valence electrons. The van der Waals surface area contributed by atoms with E-state index in [0.717, 1.165) is 6.54 Å². The van der Waals surface area contributed by atoms with Gasteiger partial charge in [0.1, 0.15) is 0 Å². The molecule has 0 unspecified atom stereocenters. The number of hydrogen-bond donors (Lipinski definition) is 1. The number of nitrogens with two attached hydrogens (primary N) is 1. The minimum absolute atomic E-state index is 0.0929. The Balaban J connectivity index is 1.99. The first-order chi connectivity index (χ1) is 5.18. The number of carbonyl (C=O) groups is 1. The summed E-state index contributed by atoms with van der Waals surface area (Å²) < 4.78 is 0. The van der Waals surface area contributed by atoms with Gasteiger partial charge in [-0.3, -0.25) is 4.79 Å². The van der Waals surface area contributed by atoms with E-state index in [9.17, 15) is 4.79 Å². The van der Waals surface area contributed by atoms with Crippen LogP contribution in [0.4, 0.5) is 0 Å². The van der Waals surface area contributed by atoms with Crippen molar-refractivity contribution in [1.82, 2.24) is 4.90 Å². The molecule has 1 saturated carbocycles. The zero-order chi connectivity index (χ0) is 8.01. The predicted octanol–water partition coefficient (Wildman–Crippen LogP) is -0.0456. The smallest absolute Gasteiger partial charge is 0.224 e. The van der Waals surface area contributed by atoms with Crippen molar-refractivity contribution < 1.29 is 4.79 Å². The second-order valence-corrected chi connectivity index (χ2v) is 3.79. The summed E-state index contributed by atoms with van der Waals surface area (Å²) in [7, 11) is 0. The number of nitrogens with zero attached hydrogens (tertiary/aromatic N) is 1. The third kappa shape index (κ3) is 1.13. The molecule has 3 atom stereocenters. The summed E-state index contributed by atoms with van der Waals surface area (Å²) in [6.07, 6.45) is 1.74. The molecule has 3 nitrogen and oxygen atoms in total. The van der Waals surface area contributed by atoms with Gasteiger partial charge in [0.15, 0.2) is 0 Å². The summed E-state index contributed by atoms with van der Waals surface area (Å²) in [6.45, 7) is 2.97. The normalized spacial score (nSPS) is 43.3. The van der Waals surface area contributed by atoms with E-state index < -0.39 is 0 Å². The molecule has 0 aromatic heterocycles. The highest BCUT2D eigenvalue weighted by Gasteiger charge is 2.43. The van der Waals surface area contributed by atoms with Crippen molar-refractivity contribution >= 4 is 5.91 Å². The van der Waals surface area contributed by atoms with Gasteiger partial charge in [0, 0.05) is 25.0 Å². The van der Waals surface area contributed by atoms with Crippen LogP contribution in [0, 0.1) is 5.92 Å². The molecule has 3 heteroatoms. The topological polar surface area (TPSA) is 46.3 Å². The molecule has 0 aromatic rings. The molecule has 0 spiro atoms. The Labute approximate surface area is 66.5 Å². The van der Waals surface area contributed by atoms with Crippen molar-refractivity contribution in [3.63, 3.8) is 0 Å². The van der Waals surface area contributed by atoms with Gasteiger partial charge in [0.25, 0.3) is 0 Å². The Hall–Kier alpha value is -0.570. The maximum absolute atomic E-state index is 11.3. The van der Waals surface area contributed by atoms with Gasteiger partial charge in [-0.15, -0.1) is 0 Å². The van der Waals surface area contributed by atoms with Gasteiger partial charge >= 0.3 is 0 Å². The predicted molar refractivity (Wildman–Crippen MR) is 41.9 cm³/mol. The maximum Gasteiger partial charge on any atom is 0.224 e. The molecule has 2 rings (SSSR count). The number of carbonyl (C=O) groups excluding carboxylic acids is 1. The number of hydrogen-bond acceptors (Lipinski definition) is 2. The van der Waals surface area contributed by atoms with Crippen LogP contribution in [-0.4, -0.2) is 29.4 Å². The van der Waals surface area contributed by atoms with Gasteiger partial charge in [-0.25, -0.2) is 0 Å². The van der Waals surface area contributed by atoms with E-state index in [1.807, 2.05) is 4.90 Å². The number of amides is 1. The van der Waals surface area contributed by atoms with Crippen LogP contribution < -0.4 is 5.73 Å². The highest BCUT2D eigenvalue weighted by atomic mass is 16.2. The highest BCUT2D eigenvalue weighted by molar-refractivity contribution is 5.80. The molecule has 2 aliphatic rings. The molecule has 1 heterocycles. The first kappa shape index (κ1) is 7.10. The molecule has 1 saturated heterocycles. The van der Waals surface area contributed by atoms with Crippen molar-refractivity contribution in [3.8, 4) is 0 Å². The summed E-state index contributed by atoms with van der Waals surface area (Å²) >= 11 is 0. The quantitative estimate of drug-likeness (QED) is 0.576. The van der Waals surface area contributed by atoms with Gasteiger partial charge in [-0.1, -0.05) is 6.92 Å². The fourth-order valence-corrected chi connectivity index (χ4v) is 1.82. The van der Waals surface area contributed by atoms with Crippen LogP contribution in [-0.2, 0) is 4.79 Å². The summed E-state index contributed by atoms with van der Waals surface area (Å²) in [4.78, 5) is 13.2. The molecule has 0 bridgehead atoms. The van der Waals surface area contributed by atoms with Crippen LogP contribution in [0.25, 0.3) is 0 Å². The monoisotopic (exact) mass is 154 g/mol. The van der Waals surface area contributed by atoms with Crippen LogP contribution in [0.2, 0.25) is 0 Å². The first-order valence-electron chi connectivity index (χ1n) is 4.23. The average molecular weight is 154 g/mol. The van der Waals surface area contributed by atoms with Gasteiger partial charge in [0.05, 0.1) is 0 Å². The summed E-state index contributed by atoms with van der Waals surface area (Å²) in [6, 6.07) is 0.617. The molecule has 0 aromatic carbocycles. The SMILES string of the molecule is C[C@@H]1C[C@@H]1N1C[C@H](N)CC1=O. The van der Waals surface area contributed by atoms with Gasteiger partial charge in [0.2, 0.25) is 5.91 Å². The fraction of sp³-hybridized carbons (Fsp3) is 0.875. The third-order valence-electron chi connectivity index (χ3n) is 2.66. The molecule has 2 N–H and O–H groups in total. The van der Waals surface area contributed by atoms with Crippen molar-refractivity contribution in [2.75, 3.05) is 6.54 Å². The summed E-state index contributed by atoms with van der Waals surface area (Å²) in [5.41, 5.74) is 5.66. The van der Waals surface area contributed by atoms with E-state index in [1.54, 1.807) is 0 Å².